The highest BCUT2D eigenvalue weighted by atomic mass is 16.8. The summed E-state index contributed by atoms with van der Waals surface area (Å²) in [7, 11) is 0. The van der Waals surface area contributed by atoms with E-state index in [1.165, 1.54) is 0 Å². The van der Waals surface area contributed by atoms with Crippen LogP contribution in [0.25, 0.3) is 0 Å². The maximum absolute atomic E-state index is 9.22. The third-order valence-corrected chi connectivity index (χ3v) is 2.04. The van der Waals surface area contributed by atoms with E-state index in [1.807, 2.05) is 0 Å². The summed E-state index contributed by atoms with van der Waals surface area (Å²) in [5.41, 5.74) is 0. The highest BCUT2D eigenvalue weighted by Gasteiger charge is 2.55. The molecule has 64 valence electrons. The Kier molecular flexibility index (Phi) is 1.62. The second-order valence-corrected chi connectivity index (χ2v) is 2.81. The van der Waals surface area contributed by atoms with E-state index in [4.69, 9.17) is 14.6 Å². The van der Waals surface area contributed by atoms with Crippen molar-refractivity contribution in [3.63, 3.8) is 0 Å². The van der Waals surface area contributed by atoms with Crippen LogP contribution in [0.5, 0.6) is 0 Å². The van der Waals surface area contributed by atoms with E-state index in [0.29, 0.717) is 0 Å². The average Bonchev–Trinajstić information content (AvgIpc) is 2.75. The van der Waals surface area contributed by atoms with Gasteiger partial charge in [-0.05, 0) is 0 Å². The number of epoxide rings is 1. The molecule has 0 aromatic heterocycles. The van der Waals surface area contributed by atoms with Gasteiger partial charge in [0.25, 0.3) is 0 Å². The third kappa shape index (κ3) is 1.05. The summed E-state index contributed by atoms with van der Waals surface area (Å²) in [6.07, 6.45) is -3.50. The molecule has 5 nitrogen and oxygen atoms in total. The van der Waals surface area contributed by atoms with E-state index in [2.05, 4.69) is 0 Å². The highest BCUT2D eigenvalue weighted by Crippen LogP contribution is 2.35. The Balaban J connectivity index is 2.03. The first-order valence-corrected chi connectivity index (χ1v) is 3.52. The highest BCUT2D eigenvalue weighted by molar-refractivity contribution is 4.96. The monoisotopic (exact) mass is 162 g/mol. The molecule has 11 heavy (non-hydrogen) atoms. The van der Waals surface area contributed by atoms with Gasteiger partial charge in [0.15, 0.2) is 6.29 Å². The first-order valence-electron chi connectivity index (χ1n) is 3.52. The molecule has 2 aliphatic heterocycles. The number of rotatable bonds is 1. The van der Waals surface area contributed by atoms with Crippen LogP contribution in [0, 0.1) is 0 Å². The Labute approximate surface area is 63.2 Å². The zero-order chi connectivity index (χ0) is 8.01. The Bertz CT molecular complexity index is 161. The molecule has 5 atom stereocenters. The third-order valence-electron chi connectivity index (χ3n) is 2.04. The number of ether oxygens (including phenoxy) is 2. The van der Waals surface area contributed by atoms with Gasteiger partial charge in [0.1, 0.15) is 24.4 Å². The molecule has 2 heterocycles. The molecule has 0 saturated carbocycles. The van der Waals surface area contributed by atoms with E-state index in [1.54, 1.807) is 0 Å². The molecule has 0 radical (unpaired) electrons. The van der Waals surface area contributed by atoms with Crippen molar-refractivity contribution in [3.05, 3.63) is 0 Å². The van der Waals surface area contributed by atoms with Crippen molar-refractivity contribution in [1.29, 1.82) is 0 Å². The summed E-state index contributed by atoms with van der Waals surface area (Å²) in [5, 5.41) is 27.1. The molecule has 3 N–H and O–H groups in total. The van der Waals surface area contributed by atoms with Gasteiger partial charge in [-0.2, -0.15) is 0 Å². The summed E-state index contributed by atoms with van der Waals surface area (Å²) >= 11 is 0. The lowest BCUT2D eigenvalue weighted by Crippen LogP contribution is -2.48. The van der Waals surface area contributed by atoms with Gasteiger partial charge in [-0.25, -0.2) is 0 Å². The van der Waals surface area contributed by atoms with Crippen LogP contribution in [-0.2, 0) is 9.47 Å². The van der Waals surface area contributed by atoms with Crippen molar-refractivity contribution in [2.75, 3.05) is 6.61 Å². The molecule has 0 unspecified atom stereocenters. The van der Waals surface area contributed by atoms with Crippen LogP contribution in [0.3, 0.4) is 0 Å². The van der Waals surface area contributed by atoms with Crippen LogP contribution in [0.4, 0.5) is 0 Å². The number of fused-ring (bicyclic) bond motifs is 1. The summed E-state index contributed by atoms with van der Waals surface area (Å²) < 4.78 is 9.86. The van der Waals surface area contributed by atoms with Gasteiger partial charge in [-0.3, -0.25) is 0 Å². The first-order chi connectivity index (χ1) is 5.24. The maximum Gasteiger partial charge on any atom is 0.187 e. The Morgan fingerprint density at radius 1 is 1.09 bits per heavy atom. The molecule has 0 aliphatic carbocycles. The predicted molar refractivity (Wildman–Crippen MR) is 32.6 cm³/mol. The minimum atomic E-state index is -1.04. The maximum atomic E-state index is 9.22. The molecule has 0 amide bonds. The zero-order valence-corrected chi connectivity index (χ0v) is 5.75. The minimum absolute atomic E-state index is 0.301. The number of aliphatic hydroxyl groups excluding tert-OH is 3. The molecule has 0 aromatic rings. The molecule has 0 bridgehead atoms. The summed E-state index contributed by atoms with van der Waals surface area (Å²) in [6, 6.07) is 0. The van der Waals surface area contributed by atoms with Gasteiger partial charge in [-0.1, -0.05) is 0 Å². The fraction of sp³-hybridized carbons (Fsp3) is 1.00. The average molecular weight is 162 g/mol. The Hall–Kier alpha value is -0.200. The largest absolute Gasteiger partial charge is 0.394 e. The van der Waals surface area contributed by atoms with Gasteiger partial charge in [0, 0.05) is 0 Å². The minimum Gasteiger partial charge on any atom is -0.394 e. The fourth-order valence-corrected chi connectivity index (χ4v) is 1.28. The SMILES string of the molecule is OC[C@H]1O[C@H]2O[C@@H]2[C@@H](O)[C@@H]1O. The van der Waals surface area contributed by atoms with Crippen molar-refractivity contribution in [2.24, 2.45) is 0 Å². The summed E-state index contributed by atoms with van der Waals surface area (Å²) in [4.78, 5) is 0. The Morgan fingerprint density at radius 2 is 1.82 bits per heavy atom. The van der Waals surface area contributed by atoms with Crippen LogP contribution in [0.2, 0.25) is 0 Å². The van der Waals surface area contributed by atoms with E-state index in [0.717, 1.165) is 0 Å². The molecule has 2 fully saturated rings. The molecular formula is C6H10O5. The molecule has 2 aliphatic rings. The van der Waals surface area contributed by atoms with Gasteiger partial charge in [0.2, 0.25) is 0 Å². The first kappa shape index (κ1) is 7.45. The second-order valence-electron chi connectivity index (χ2n) is 2.81. The fourth-order valence-electron chi connectivity index (χ4n) is 1.28. The van der Waals surface area contributed by atoms with Crippen molar-refractivity contribution >= 4 is 0 Å². The lowest BCUT2D eigenvalue weighted by Gasteiger charge is -2.27. The molecule has 2 rings (SSSR count). The quantitative estimate of drug-likeness (QED) is 0.382. The van der Waals surface area contributed by atoms with E-state index in [-0.39, 0.29) is 6.61 Å². The molecule has 2 saturated heterocycles. The zero-order valence-electron chi connectivity index (χ0n) is 5.75. The van der Waals surface area contributed by atoms with Crippen LogP contribution in [0.1, 0.15) is 0 Å². The Morgan fingerprint density at radius 3 is 2.45 bits per heavy atom. The van der Waals surface area contributed by atoms with Crippen molar-refractivity contribution in [3.8, 4) is 0 Å². The van der Waals surface area contributed by atoms with Crippen LogP contribution in [0.15, 0.2) is 0 Å². The van der Waals surface area contributed by atoms with Crippen molar-refractivity contribution in [2.45, 2.75) is 30.7 Å². The van der Waals surface area contributed by atoms with Gasteiger partial charge < -0.3 is 24.8 Å². The van der Waals surface area contributed by atoms with Crippen molar-refractivity contribution < 1.29 is 24.8 Å². The predicted octanol–water partition coefficient (Wildman–Crippen LogP) is -2.18. The summed E-state index contributed by atoms with van der Waals surface area (Å²) in [6.45, 7) is -0.301. The normalized spacial score (nSPS) is 55.4. The van der Waals surface area contributed by atoms with Crippen LogP contribution < -0.4 is 0 Å². The number of hydrogen-bond acceptors (Lipinski definition) is 5. The topological polar surface area (TPSA) is 82.5 Å². The lowest BCUT2D eigenvalue weighted by molar-refractivity contribution is -0.144. The van der Waals surface area contributed by atoms with Crippen molar-refractivity contribution in [1.82, 2.24) is 0 Å². The number of hydrogen-bond donors (Lipinski definition) is 3. The molecule has 0 aromatic carbocycles. The van der Waals surface area contributed by atoms with Gasteiger partial charge in [0.05, 0.1) is 6.61 Å². The van der Waals surface area contributed by atoms with Crippen LogP contribution >= 0.6 is 0 Å². The van der Waals surface area contributed by atoms with E-state index >= 15 is 0 Å². The van der Waals surface area contributed by atoms with Gasteiger partial charge in [-0.15, -0.1) is 0 Å². The summed E-state index contributed by atoms with van der Waals surface area (Å²) in [5.74, 6) is 0. The second kappa shape index (κ2) is 2.40. The van der Waals surface area contributed by atoms with E-state index < -0.39 is 30.7 Å². The smallest absolute Gasteiger partial charge is 0.187 e. The van der Waals surface area contributed by atoms with Gasteiger partial charge >= 0.3 is 0 Å². The van der Waals surface area contributed by atoms with Crippen LogP contribution in [-0.4, -0.2) is 52.6 Å². The molecular weight excluding hydrogens is 152 g/mol. The van der Waals surface area contributed by atoms with E-state index in [9.17, 15) is 10.2 Å². The molecule has 5 heteroatoms. The number of aliphatic hydroxyl groups is 3. The molecule has 0 spiro atoms. The standard InChI is InChI=1S/C6H10O5/c7-1-2-3(8)4(9)5-6(10-2)11-5/h2-9H,1H2/t2-,3-,4+,5-,6+/m1/s1. The lowest BCUT2D eigenvalue weighted by atomic mass is 10.0.